The van der Waals surface area contributed by atoms with Gasteiger partial charge < -0.3 is 20.3 Å². The Morgan fingerprint density at radius 1 is 0.962 bits per heavy atom. The Bertz CT molecular complexity index is 750. The third-order valence-corrected chi connectivity index (χ3v) is 5.16. The van der Waals surface area contributed by atoms with Crippen LogP contribution in [0.25, 0.3) is 0 Å². The molecule has 2 aliphatic rings. The number of benzene rings is 2. The van der Waals surface area contributed by atoms with Gasteiger partial charge in [-0.05, 0) is 49.2 Å². The molecule has 5 heteroatoms. The van der Waals surface area contributed by atoms with Gasteiger partial charge in [-0.1, -0.05) is 18.6 Å². The first kappa shape index (κ1) is 16.9. The number of morpholine rings is 1. The molecule has 2 N–H and O–H groups in total. The summed E-state index contributed by atoms with van der Waals surface area (Å²) in [6, 6.07) is 16.3. The van der Waals surface area contributed by atoms with E-state index < -0.39 is 0 Å². The highest BCUT2D eigenvalue weighted by Crippen LogP contribution is 2.30. The Kier molecular flexibility index (Phi) is 5.07. The fraction of sp³-hybridized carbons (Fsp3) is 0.381. The van der Waals surface area contributed by atoms with Gasteiger partial charge >= 0.3 is 0 Å². The summed E-state index contributed by atoms with van der Waals surface area (Å²) in [6.07, 6.45) is 3.21. The molecular formula is C21H25N3O2. The number of para-hydroxylation sites is 2. The molecule has 1 heterocycles. The number of anilines is 4. The Balaban J connectivity index is 1.43. The van der Waals surface area contributed by atoms with Crippen molar-refractivity contribution in [2.24, 2.45) is 5.92 Å². The molecule has 0 aromatic heterocycles. The van der Waals surface area contributed by atoms with Crippen LogP contribution in [-0.2, 0) is 9.53 Å². The van der Waals surface area contributed by atoms with Crippen LogP contribution in [0.5, 0.6) is 0 Å². The molecule has 1 amide bonds. The largest absolute Gasteiger partial charge is 0.378 e. The first-order chi connectivity index (χ1) is 12.8. The molecule has 1 saturated carbocycles. The van der Waals surface area contributed by atoms with Crippen molar-refractivity contribution in [2.75, 3.05) is 41.8 Å². The van der Waals surface area contributed by atoms with Gasteiger partial charge in [-0.2, -0.15) is 0 Å². The normalized spacial score (nSPS) is 17.5. The highest BCUT2D eigenvalue weighted by Gasteiger charge is 2.25. The third-order valence-electron chi connectivity index (χ3n) is 5.16. The van der Waals surface area contributed by atoms with Crippen molar-refractivity contribution >= 4 is 28.7 Å². The summed E-state index contributed by atoms with van der Waals surface area (Å²) in [7, 11) is 0. The average Bonchev–Trinajstić information content (AvgIpc) is 2.63. The monoisotopic (exact) mass is 351 g/mol. The smallest absolute Gasteiger partial charge is 0.227 e. The number of carbonyl (C=O) groups excluding carboxylic acids is 1. The summed E-state index contributed by atoms with van der Waals surface area (Å²) in [5.41, 5.74) is 4.14. The Hall–Kier alpha value is -2.53. The number of nitrogens with zero attached hydrogens (tertiary/aromatic N) is 1. The predicted octanol–water partition coefficient (Wildman–Crippen LogP) is 4.01. The molecule has 0 unspecified atom stereocenters. The summed E-state index contributed by atoms with van der Waals surface area (Å²) in [5, 5.41) is 6.51. The fourth-order valence-corrected chi connectivity index (χ4v) is 3.37. The van der Waals surface area contributed by atoms with Gasteiger partial charge in [0.2, 0.25) is 5.91 Å². The molecule has 4 rings (SSSR count). The summed E-state index contributed by atoms with van der Waals surface area (Å²) >= 11 is 0. The van der Waals surface area contributed by atoms with Crippen LogP contribution in [0, 0.1) is 5.92 Å². The maximum atomic E-state index is 12.0. The maximum Gasteiger partial charge on any atom is 0.227 e. The molecule has 0 radical (unpaired) electrons. The molecule has 2 aromatic rings. The Labute approximate surface area is 154 Å². The molecule has 1 saturated heterocycles. The molecular weight excluding hydrogens is 326 g/mol. The van der Waals surface area contributed by atoms with Gasteiger partial charge in [0.05, 0.1) is 24.6 Å². The standard InChI is InChI=1S/C21H25N3O2/c25-21(16-4-3-5-16)23-18-10-8-17(9-11-18)22-19-6-1-2-7-20(19)24-12-14-26-15-13-24/h1-2,6-11,16,22H,3-5,12-15H2,(H,23,25). The Morgan fingerprint density at radius 3 is 2.35 bits per heavy atom. The lowest BCUT2D eigenvalue weighted by Gasteiger charge is -2.30. The first-order valence-electron chi connectivity index (χ1n) is 9.39. The zero-order chi connectivity index (χ0) is 17.8. The van der Waals surface area contributed by atoms with Crippen molar-refractivity contribution in [2.45, 2.75) is 19.3 Å². The van der Waals surface area contributed by atoms with Crippen molar-refractivity contribution < 1.29 is 9.53 Å². The van der Waals surface area contributed by atoms with Crippen molar-refractivity contribution in [3.8, 4) is 0 Å². The SMILES string of the molecule is O=C(Nc1ccc(Nc2ccccc2N2CCOCC2)cc1)C1CCC1. The zero-order valence-electron chi connectivity index (χ0n) is 14.9. The number of carbonyl (C=O) groups is 1. The molecule has 0 bridgehead atoms. The van der Waals surface area contributed by atoms with Crippen molar-refractivity contribution in [3.63, 3.8) is 0 Å². The van der Waals surface area contributed by atoms with Gasteiger partial charge in [-0.25, -0.2) is 0 Å². The van der Waals surface area contributed by atoms with E-state index in [9.17, 15) is 4.79 Å². The first-order valence-corrected chi connectivity index (χ1v) is 9.39. The highest BCUT2D eigenvalue weighted by molar-refractivity contribution is 5.93. The number of rotatable bonds is 5. The van der Waals surface area contributed by atoms with Gasteiger partial charge in [0.15, 0.2) is 0 Å². The number of amides is 1. The molecule has 136 valence electrons. The number of ether oxygens (including phenoxy) is 1. The molecule has 0 atom stereocenters. The number of hydrogen-bond donors (Lipinski definition) is 2. The second kappa shape index (κ2) is 7.79. The van der Waals surface area contributed by atoms with Crippen molar-refractivity contribution in [1.29, 1.82) is 0 Å². The molecule has 2 fully saturated rings. The minimum atomic E-state index is 0.148. The van der Waals surface area contributed by atoms with Crippen molar-refractivity contribution in [1.82, 2.24) is 0 Å². The summed E-state index contributed by atoms with van der Waals surface area (Å²) < 4.78 is 5.46. The van der Waals surface area contributed by atoms with Gasteiger partial charge in [0, 0.05) is 30.4 Å². The lowest BCUT2D eigenvalue weighted by Crippen LogP contribution is -2.36. The van der Waals surface area contributed by atoms with E-state index in [2.05, 4.69) is 33.7 Å². The number of hydrogen-bond acceptors (Lipinski definition) is 4. The maximum absolute atomic E-state index is 12.0. The lowest BCUT2D eigenvalue weighted by atomic mass is 9.85. The van der Waals surface area contributed by atoms with Crippen LogP contribution in [0.2, 0.25) is 0 Å². The van der Waals surface area contributed by atoms with Crippen molar-refractivity contribution in [3.05, 3.63) is 48.5 Å². The van der Waals surface area contributed by atoms with Crippen LogP contribution in [0.4, 0.5) is 22.7 Å². The molecule has 26 heavy (non-hydrogen) atoms. The van der Waals surface area contributed by atoms with E-state index in [0.717, 1.165) is 56.2 Å². The van der Waals surface area contributed by atoms with E-state index in [4.69, 9.17) is 4.74 Å². The highest BCUT2D eigenvalue weighted by atomic mass is 16.5. The van der Waals surface area contributed by atoms with Crippen LogP contribution < -0.4 is 15.5 Å². The minimum absolute atomic E-state index is 0.148. The van der Waals surface area contributed by atoms with Crippen LogP contribution in [0.15, 0.2) is 48.5 Å². The van der Waals surface area contributed by atoms with Gasteiger partial charge in [-0.15, -0.1) is 0 Å². The summed E-state index contributed by atoms with van der Waals surface area (Å²) in [5.74, 6) is 0.350. The van der Waals surface area contributed by atoms with Crippen LogP contribution in [0.1, 0.15) is 19.3 Å². The molecule has 5 nitrogen and oxygen atoms in total. The van der Waals surface area contributed by atoms with Crippen LogP contribution in [0.3, 0.4) is 0 Å². The van der Waals surface area contributed by atoms with Gasteiger partial charge in [-0.3, -0.25) is 4.79 Å². The lowest BCUT2D eigenvalue weighted by molar-refractivity contribution is -0.122. The number of nitrogens with one attached hydrogen (secondary N) is 2. The quantitative estimate of drug-likeness (QED) is 0.855. The molecule has 1 aliphatic heterocycles. The van der Waals surface area contributed by atoms with Crippen LogP contribution in [-0.4, -0.2) is 32.2 Å². The fourth-order valence-electron chi connectivity index (χ4n) is 3.37. The molecule has 2 aromatic carbocycles. The summed E-state index contributed by atoms with van der Waals surface area (Å²) in [4.78, 5) is 14.4. The van der Waals surface area contributed by atoms with E-state index in [0.29, 0.717) is 0 Å². The van der Waals surface area contributed by atoms with E-state index in [1.165, 1.54) is 12.1 Å². The van der Waals surface area contributed by atoms with E-state index in [-0.39, 0.29) is 11.8 Å². The molecule has 0 spiro atoms. The third kappa shape index (κ3) is 3.83. The van der Waals surface area contributed by atoms with E-state index in [1.807, 2.05) is 30.3 Å². The predicted molar refractivity (Wildman–Crippen MR) is 105 cm³/mol. The van der Waals surface area contributed by atoms with E-state index in [1.54, 1.807) is 0 Å². The summed E-state index contributed by atoms with van der Waals surface area (Å²) in [6.45, 7) is 3.35. The second-order valence-electron chi connectivity index (χ2n) is 6.94. The Morgan fingerprint density at radius 2 is 1.65 bits per heavy atom. The average molecular weight is 351 g/mol. The van der Waals surface area contributed by atoms with E-state index >= 15 is 0 Å². The zero-order valence-corrected chi connectivity index (χ0v) is 14.9. The topological polar surface area (TPSA) is 53.6 Å². The second-order valence-corrected chi connectivity index (χ2v) is 6.94. The minimum Gasteiger partial charge on any atom is -0.378 e. The molecule has 1 aliphatic carbocycles. The van der Waals surface area contributed by atoms with Crippen LogP contribution >= 0.6 is 0 Å². The van der Waals surface area contributed by atoms with Gasteiger partial charge in [0.1, 0.15) is 0 Å². The van der Waals surface area contributed by atoms with Gasteiger partial charge in [0.25, 0.3) is 0 Å².